The predicted octanol–water partition coefficient (Wildman–Crippen LogP) is 16.7. The van der Waals surface area contributed by atoms with Crippen molar-refractivity contribution in [1.29, 1.82) is 0 Å². The Hall–Kier alpha value is -7.46. The van der Waals surface area contributed by atoms with Crippen LogP contribution in [0.1, 0.15) is 0 Å². The van der Waals surface area contributed by atoms with Crippen LogP contribution in [0.5, 0.6) is 0 Å². The van der Waals surface area contributed by atoms with Crippen LogP contribution in [0.4, 0.5) is 17.1 Å². The minimum Gasteiger partial charge on any atom is -0.456 e. The molecule has 2 aromatic heterocycles. The molecule has 0 aliphatic carbocycles. The number of hydrogen-bond acceptors (Lipinski definition) is 3. The molecule has 0 N–H and O–H groups in total. The van der Waals surface area contributed by atoms with Crippen molar-refractivity contribution in [2.45, 2.75) is 0 Å². The van der Waals surface area contributed by atoms with E-state index >= 15 is 0 Å². The number of rotatable bonds is 6. The maximum atomic E-state index is 6.43. The van der Waals surface area contributed by atoms with E-state index in [9.17, 15) is 0 Å². The van der Waals surface area contributed by atoms with Gasteiger partial charge in [0.05, 0.1) is 11.4 Å². The van der Waals surface area contributed by atoms with Gasteiger partial charge in [-0.3, -0.25) is 0 Å². The molecule has 12 rings (SSSR count). The van der Waals surface area contributed by atoms with Gasteiger partial charge < -0.3 is 9.32 Å². The van der Waals surface area contributed by atoms with Crippen LogP contribution < -0.4 is 4.90 Å². The highest BCUT2D eigenvalue weighted by Crippen LogP contribution is 2.53. The fourth-order valence-electron chi connectivity index (χ4n) is 9.23. The van der Waals surface area contributed by atoms with E-state index < -0.39 is 0 Å². The summed E-state index contributed by atoms with van der Waals surface area (Å²) < 4.78 is 9.01. The van der Waals surface area contributed by atoms with Gasteiger partial charge in [0.2, 0.25) is 0 Å². The molecule has 0 amide bonds. The summed E-state index contributed by atoms with van der Waals surface area (Å²) >= 11 is 1.87. The van der Waals surface area contributed by atoms with Crippen LogP contribution in [-0.4, -0.2) is 0 Å². The second-order valence-electron chi connectivity index (χ2n) is 15.2. The van der Waals surface area contributed by atoms with E-state index in [0.29, 0.717) is 0 Å². The first-order chi connectivity index (χ1) is 29.3. The molecule has 0 atom stereocenters. The van der Waals surface area contributed by atoms with Crippen LogP contribution in [0.15, 0.2) is 217 Å². The van der Waals surface area contributed by atoms with Gasteiger partial charge in [-0.1, -0.05) is 170 Å². The highest BCUT2D eigenvalue weighted by Gasteiger charge is 2.27. The third kappa shape index (κ3) is 5.40. The van der Waals surface area contributed by atoms with Gasteiger partial charge in [-0.2, -0.15) is 0 Å². The smallest absolute Gasteiger partial charge is 0.135 e. The van der Waals surface area contributed by atoms with Gasteiger partial charge in [0.1, 0.15) is 11.2 Å². The van der Waals surface area contributed by atoms with Crippen molar-refractivity contribution in [2.24, 2.45) is 0 Å². The molecule has 3 heteroatoms. The molecule has 0 bridgehead atoms. The van der Waals surface area contributed by atoms with Gasteiger partial charge >= 0.3 is 0 Å². The zero-order valence-electron chi connectivity index (χ0n) is 32.0. The summed E-state index contributed by atoms with van der Waals surface area (Å²) in [6.07, 6.45) is 0. The Morgan fingerprint density at radius 1 is 0.356 bits per heavy atom. The molecule has 2 heterocycles. The van der Waals surface area contributed by atoms with Crippen LogP contribution in [0.2, 0.25) is 0 Å². The summed E-state index contributed by atoms with van der Waals surface area (Å²) in [4.78, 5) is 2.53. The van der Waals surface area contributed by atoms with E-state index in [0.717, 1.165) is 44.6 Å². The molecule has 0 radical (unpaired) electrons. The maximum absolute atomic E-state index is 6.43. The normalized spacial score (nSPS) is 11.7. The van der Waals surface area contributed by atoms with Crippen LogP contribution in [-0.2, 0) is 0 Å². The van der Waals surface area contributed by atoms with Crippen LogP contribution in [0, 0.1) is 0 Å². The third-order valence-corrected chi connectivity index (χ3v) is 13.1. The monoisotopic (exact) mass is 769 g/mol. The van der Waals surface area contributed by atoms with Crippen molar-refractivity contribution in [3.8, 4) is 33.4 Å². The fourth-order valence-corrected chi connectivity index (χ4v) is 10.5. The van der Waals surface area contributed by atoms with Crippen molar-refractivity contribution in [3.63, 3.8) is 0 Å². The molecule has 0 fully saturated rings. The fraction of sp³-hybridized carbons (Fsp3) is 0. The molecule has 0 aliphatic rings. The van der Waals surface area contributed by atoms with Crippen molar-refractivity contribution >= 4 is 92.1 Å². The Bertz CT molecular complexity index is 3580. The van der Waals surface area contributed by atoms with E-state index in [-0.39, 0.29) is 0 Å². The van der Waals surface area contributed by atoms with E-state index in [2.05, 4.69) is 211 Å². The Kier molecular flexibility index (Phi) is 7.75. The van der Waals surface area contributed by atoms with Crippen molar-refractivity contribution in [1.82, 2.24) is 0 Å². The molecule has 0 spiro atoms. The minimum atomic E-state index is 0.873. The Morgan fingerprint density at radius 3 is 1.81 bits per heavy atom. The van der Waals surface area contributed by atoms with Crippen LogP contribution in [0.25, 0.3) is 97.0 Å². The lowest BCUT2D eigenvalue weighted by molar-refractivity contribution is 0.669. The molecule has 2 nitrogen and oxygen atoms in total. The Morgan fingerprint density at radius 2 is 0.949 bits per heavy atom. The van der Waals surface area contributed by atoms with Crippen LogP contribution >= 0.6 is 11.3 Å². The lowest BCUT2D eigenvalue weighted by Crippen LogP contribution is -2.13. The number of nitrogens with zero attached hydrogens (tertiary/aromatic N) is 1. The summed E-state index contributed by atoms with van der Waals surface area (Å²) in [7, 11) is 0. The molecule has 276 valence electrons. The third-order valence-electron chi connectivity index (χ3n) is 11.8. The first-order valence-corrected chi connectivity index (χ1v) is 20.9. The average molecular weight is 770 g/mol. The number of thiophene rings is 1. The van der Waals surface area contributed by atoms with Gasteiger partial charge in [0.25, 0.3) is 0 Å². The van der Waals surface area contributed by atoms with Crippen molar-refractivity contribution in [2.75, 3.05) is 4.90 Å². The molecule has 0 unspecified atom stereocenters. The number of furan rings is 1. The molecule has 0 saturated heterocycles. The highest BCUT2D eigenvalue weighted by molar-refractivity contribution is 7.26. The summed E-state index contributed by atoms with van der Waals surface area (Å²) in [5.41, 5.74) is 12.2. The average Bonchev–Trinajstić information content (AvgIpc) is 3.88. The van der Waals surface area contributed by atoms with Crippen LogP contribution in [0.3, 0.4) is 0 Å². The molecule has 59 heavy (non-hydrogen) atoms. The van der Waals surface area contributed by atoms with Crippen molar-refractivity contribution in [3.05, 3.63) is 212 Å². The molecule has 12 aromatic rings. The van der Waals surface area contributed by atoms with E-state index in [1.807, 2.05) is 17.4 Å². The molecular weight excluding hydrogens is 735 g/mol. The predicted molar refractivity (Wildman–Crippen MR) is 253 cm³/mol. The number of fused-ring (bicyclic) bond motifs is 9. The van der Waals surface area contributed by atoms with Crippen molar-refractivity contribution < 1.29 is 4.42 Å². The quantitative estimate of drug-likeness (QED) is 0.157. The Labute approximate surface area is 345 Å². The second kappa shape index (κ2) is 13.6. The van der Waals surface area contributed by atoms with Gasteiger partial charge in [0, 0.05) is 58.7 Å². The number of benzene rings is 10. The SMILES string of the molecule is c1ccc(-c2cccc(-c3c(N(c4ccc5oc6ccccc6c5c4)c4ccccc4-c4cccc5c4sc4ccccc45)c4ccccc4c4ccccc34)c2)cc1. The summed E-state index contributed by atoms with van der Waals surface area (Å²) in [5.74, 6) is 0. The molecule has 0 aliphatic heterocycles. The summed E-state index contributed by atoms with van der Waals surface area (Å²) in [5, 5.41) is 9.59. The van der Waals surface area contributed by atoms with Gasteiger partial charge in [-0.15, -0.1) is 11.3 Å². The van der Waals surface area contributed by atoms with E-state index in [1.165, 1.54) is 69.5 Å². The van der Waals surface area contributed by atoms with E-state index in [1.54, 1.807) is 0 Å². The largest absolute Gasteiger partial charge is 0.456 e. The zero-order valence-corrected chi connectivity index (χ0v) is 32.8. The highest BCUT2D eigenvalue weighted by atomic mass is 32.1. The topological polar surface area (TPSA) is 16.4 Å². The van der Waals surface area contributed by atoms with Gasteiger partial charge in [-0.05, 0) is 75.3 Å². The number of anilines is 3. The maximum Gasteiger partial charge on any atom is 0.135 e. The number of hydrogen-bond donors (Lipinski definition) is 0. The molecule has 0 saturated carbocycles. The molecular formula is C56H35NOS. The lowest BCUT2D eigenvalue weighted by atomic mass is 9.88. The minimum absolute atomic E-state index is 0.873. The standard InChI is InChI=1S/C56H35NOS/c1-2-16-36(17-3-1)37-18-14-19-38(34-37)54-45-25-6-4-20-40(45)41-21-5-7-26-46(41)55(54)57(39-32-33-52-49(35-39)43-23-9-12-30-51(43)58-52)50-29-11-8-22-42(50)47-27-15-28-48-44-24-10-13-31-53(44)59-56(47)48/h1-35H. The first-order valence-electron chi connectivity index (χ1n) is 20.1. The summed E-state index contributed by atoms with van der Waals surface area (Å²) in [6, 6.07) is 77.2. The number of para-hydroxylation sites is 2. The lowest BCUT2D eigenvalue weighted by Gasteiger charge is -2.32. The van der Waals surface area contributed by atoms with E-state index in [4.69, 9.17) is 4.42 Å². The first kappa shape index (κ1) is 33.7. The molecule has 10 aromatic carbocycles. The zero-order chi connectivity index (χ0) is 38.9. The Balaban J connectivity index is 1.23. The van der Waals surface area contributed by atoms with Gasteiger partial charge in [0.15, 0.2) is 0 Å². The second-order valence-corrected chi connectivity index (χ2v) is 16.2. The summed E-state index contributed by atoms with van der Waals surface area (Å²) in [6.45, 7) is 0. The van der Waals surface area contributed by atoms with Gasteiger partial charge in [-0.25, -0.2) is 0 Å².